The summed E-state index contributed by atoms with van der Waals surface area (Å²) in [4.78, 5) is 146. The summed E-state index contributed by atoms with van der Waals surface area (Å²) in [6.45, 7) is 12.9. The van der Waals surface area contributed by atoms with Crippen molar-refractivity contribution in [2.45, 2.75) is 169 Å². The lowest BCUT2D eigenvalue weighted by molar-refractivity contribution is -0.135. The van der Waals surface area contributed by atoms with Crippen LogP contribution >= 0.6 is 36.2 Å². The number of primary amides is 2. The Balaban J connectivity index is 1.68. The van der Waals surface area contributed by atoms with E-state index in [1.165, 1.54) is 25.0 Å². The van der Waals surface area contributed by atoms with Gasteiger partial charge < -0.3 is 48.0 Å². The Labute approximate surface area is 531 Å². The van der Waals surface area contributed by atoms with Crippen LogP contribution in [-0.2, 0) is 60.8 Å². The number of ketones is 5. The van der Waals surface area contributed by atoms with E-state index in [-0.39, 0.29) is 106 Å². The second-order valence-corrected chi connectivity index (χ2v) is 24.8. The number of para-hydroxylation sites is 1. The number of carbonyl (C=O) groups is 10. The van der Waals surface area contributed by atoms with Crippen LogP contribution in [0.4, 0.5) is 0 Å². The molecule has 3 rings (SSSR count). The Kier molecular flexibility index (Phi) is 33.7. The summed E-state index contributed by atoms with van der Waals surface area (Å²) in [5.74, 6) is -8.16. The highest BCUT2D eigenvalue weighted by atomic mass is 32.2. The molecule has 13 N–H and O–H groups in total. The van der Waals surface area contributed by atoms with E-state index < -0.39 is 77.1 Å². The van der Waals surface area contributed by atoms with Crippen molar-refractivity contribution >= 4 is 127 Å². The zero-order valence-corrected chi connectivity index (χ0v) is 54.7. The minimum atomic E-state index is -1.26. The van der Waals surface area contributed by atoms with Crippen molar-refractivity contribution in [3.8, 4) is 0 Å². The number of thiocarbonyl (C=S) groups is 2. The van der Waals surface area contributed by atoms with E-state index in [4.69, 9.17) is 35.9 Å². The third-order valence-corrected chi connectivity index (χ3v) is 16.2. The largest absolute Gasteiger partial charge is 0.370 e. The summed E-state index contributed by atoms with van der Waals surface area (Å²) in [6, 6.07) is 4.09. The van der Waals surface area contributed by atoms with Gasteiger partial charge >= 0.3 is 0 Å². The maximum Gasteiger partial charge on any atom is 0.243 e. The number of fused-ring (bicyclic) bond motifs is 1. The fourth-order valence-electron chi connectivity index (χ4n) is 9.76. The summed E-state index contributed by atoms with van der Waals surface area (Å²) in [5.41, 5.74) is 19.8. The summed E-state index contributed by atoms with van der Waals surface area (Å²) in [7, 11) is 1.67. The van der Waals surface area contributed by atoms with Crippen molar-refractivity contribution in [1.29, 1.82) is 0 Å². The molecule has 0 aliphatic heterocycles. The predicted octanol–water partition coefficient (Wildman–Crippen LogP) is 4.88. The molecule has 0 aliphatic carbocycles. The summed E-state index contributed by atoms with van der Waals surface area (Å²) in [5, 5.41) is 23.9. The van der Waals surface area contributed by atoms with Crippen LogP contribution in [0.15, 0.2) is 53.2 Å². The topological polar surface area (TPSA) is 376 Å². The number of nitrogens with two attached hydrogens (primary N) is 2. The van der Waals surface area contributed by atoms with Gasteiger partial charge in [0.25, 0.3) is 0 Å². The average Bonchev–Trinajstić information content (AvgIpc) is 3.60. The number of nitrogens with zero attached hydrogens (tertiary/aromatic N) is 3. The molecule has 2 aromatic heterocycles. The number of Topliss-reactive ketones (excluding diaryl/α,β-unsaturated/α-hetero) is 5. The third-order valence-electron chi connectivity index (χ3n) is 15.1. The van der Waals surface area contributed by atoms with E-state index in [1.54, 1.807) is 47.1 Å². The van der Waals surface area contributed by atoms with Crippen LogP contribution in [-0.4, -0.2) is 139 Å². The standard InChI is InChI=1S/C61H92N14O10S3/c1-35(2)25-42(58(84)70-50(56(63)82)22-24-88-9)30-54(80)41(26-44-33-65-34-68-44)28-46(77)19-20-52(78)48(36(3)4)31-53(79)39(7)69-59(85)51(29-43-32-67-49-17-13-12-16-47(43)49)71-57(83)40(18-21-55(62)81)27-45(76)15-11-10-14-23-66-61(87)75-73-38(6)37(5)72-74-60(86)64-8/h12-13,16-17,32-36,39-42,48,50-51,67H,10-11,14-15,18-31H2,1-9H3,(H2,62,81)(H2,63,82)(H,65,68)(H,69,85)(H,70,84)(H,71,83)(H2,64,74,86)(H2,66,75,87). The third kappa shape index (κ3) is 27.8. The Morgan fingerprint density at radius 3 is 1.94 bits per heavy atom. The van der Waals surface area contributed by atoms with Gasteiger partial charge in [0, 0.05) is 124 Å². The molecular formula is C61H92N14O10S3. The SMILES string of the molecule is CNC(=S)NN=C(C)C(C)=NNC(=S)NCCCCCC(=O)CC(CCC(N)=O)C(=O)NC(Cc1c[nH]c2ccccc12)C(=O)NC(C)C(=O)CC(C(=O)CCC(=O)CC(Cc1cnc[nH]1)C(=O)CC(CC(C)C)C(=O)NC(CCSC)C(N)=O)C(C)C. The van der Waals surface area contributed by atoms with Gasteiger partial charge in [0.15, 0.2) is 16.0 Å². The molecule has 24 nitrogen and oxygen atoms in total. The number of aromatic amines is 2. The monoisotopic (exact) mass is 1280 g/mol. The first-order valence-corrected chi connectivity index (χ1v) is 32.2. The van der Waals surface area contributed by atoms with Gasteiger partial charge in [-0.3, -0.25) is 58.8 Å². The lowest BCUT2D eigenvalue weighted by atomic mass is 9.82. The molecule has 0 saturated carbocycles. The van der Waals surface area contributed by atoms with Gasteiger partial charge in [-0.15, -0.1) is 0 Å². The van der Waals surface area contributed by atoms with E-state index >= 15 is 0 Å². The molecule has 7 unspecified atom stereocenters. The van der Waals surface area contributed by atoms with Gasteiger partial charge in [0.05, 0.1) is 23.8 Å². The average molecular weight is 1280 g/mol. The van der Waals surface area contributed by atoms with Crippen LogP contribution in [0.5, 0.6) is 0 Å². The van der Waals surface area contributed by atoms with Gasteiger partial charge in [-0.05, 0) is 119 Å². The summed E-state index contributed by atoms with van der Waals surface area (Å²) in [6.07, 6.45) is 7.80. The van der Waals surface area contributed by atoms with Gasteiger partial charge in [0.1, 0.15) is 35.2 Å². The van der Waals surface area contributed by atoms with E-state index in [9.17, 15) is 47.9 Å². The number of benzene rings is 1. The molecule has 5 amide bonds. The van der Waals surface area contributed by atoms with E-state index in [2.05, 4.69) is 62.6 Å². The van der Waals surface area contributed by atoms with Crippen LogP contribution in [0.3, 0.4) is 0 Å². The number of hydrogen-bond acceptors (Lipinski definition) is 16. The molecule has 3 aromatic rings. The summed E-state index contributed by atoms with van der Waals surface area (Å²) < 4.78 is 0. The number of hydrogen-bond donors (Lipinski definition) is 11. The van der Waals surface area contributed by atoms with Gasteiger partial charge in [-0.1, -0.05) is 52.3 Å². The van der Waals surface area contributed by atoms with Gasteiger partial charge in [0.2, 0.25) is 29.5 Å². The molecular weight excluding hydrogens is 1180 g/mol. The highest BCUT2D eigenvalue weighted by Gasteiger charge is 2.34. The smallest absolute Gasteiger partial charge is 0.243 e. The molecule has 7 atom stereocenters. The molecule has 1 aromatic carbocycles. The number of hydrazone groups is 2. The second kappa shape index (κ2) is 39.6. The highest BCUT2D eigenvalue weighted by Crippen LogP contribution is 2.26. The Morgan fingerprint density at radius 1 is 0.670 bits per heavy atom. The van der Waals surface area contributed by atoms with Crippen molar-refractivity contribution in [2.75, 3.05) is 25.6 Å². The fourth-order valence-corrected chi connectivity index (χ4v) is 10.4. The van der Waals surface area contributed by atoms with E-state index in [1.807, 2.05) is 44.4 Å². The number of H-pyrrole nitrogens is 2. The van der Waals surface area contributed by atoms with Crippen molar-refractivity contribution in [1.82, 2.24) is 52.4 Å². The first kappa shape index (κ1) is 75.0. The quantitative estimate of drug-likeness (QED) is 0.0156. The van der Waals surface area contributed by atoms with Crippen molar-refractivity contribution in [3.05, 3.63) is 54.2 Å². The molecule has 0 aliphatic rings. The number of thioether (sulfide) groups is 1. The molecule has 0 radical (unpaired) electrons. The van der Waals surface area contributed by atoms with Gasteiger partial charge in [-0.25, -0.2) is 4.98 Å². The molecule has 27 heteroatoms. The molecule has 0 fully saturated rings. The number of unbranched alkanes of at least 4 members (excludes halogenated alkanes) is 2. The van der Waals surface area contributed by atoms with Crippen LogP contribution < -0.4 is 48.9 Å². The molecule has 0 spiro atoms. The van der Waals surface area contributed by atoms with E-state index in [0.717, 1.165) is 10.9 Å². The number of carbonyl (C=O) groups excluding carboxylic acids is 10. The van der Waals surface area contributed by atoms with Crippen LogP contribution in [0.25, 0.3) is 10.9 Å². The highest BCUT2D eigenvalue weighted by molar-refractivity contribution is 7.98. The number of imidazole rings is 1. The lowest BCUT2D eigenvalue weighted by Crippen LogP contribution is -2.53. The van der Waals surface area contributed by atoms with E-state index in [0.29, 0.717) is 77.3 Å². The maximum absolute atomic E-state index is 14.4. The number of amides is 5. The Hall–Kier alpha value is -7.26. The molecule has 0 bridgehead atoms. The van der Waals surface area contributed by atoms with Crippen LogP contribution in [0, 0.1) is 35.5 Å². The first-order valence-electron chi connectivity index (χ1n) is 29.9. The maximum atomic E-state index is 14.4. The van der Waals surface area contributed by atoms with Crippen LogP contribution in [0.2, 0.25) is 0 Å². The fraction of sp³-hybridized carbons (Fsp3) is 0.590. The van der Waals surface area contributed by atoms with Crippen molar-refractivity contribution in [3.63, 3.8) is 0 Å². The van der Waals surface area contributed by atoms with Crippen molar-refractivity contribution < 1.29 is 47.9 Å². The van der Waals surface area contributed by atoms with Gasteiger partial charge in [-0.2, -0.15) is 22.0 Å². The second-order valence-electron chi connectivity index (χ2n) is 23.0. The Bertz CT molecular complexity index is 2930. The minimum Gasteiger partial charge on any atom is -0.370 e. The Morgan fingerprint density at radius 2 is 1.32 bits per heavy atom. The minimum absolute atomic E-state index is 0.0183. The predicted molar refractivity (Wildman–Crippen MR) is 351 cm³/mol. The zero-order valence-electron chi connectivity index (χ0n) is 52.3. The zero-order chi connectivity index (χ0) is 65.5. The number of rotatable bonds is 43. The molecule has 484 valence electrons. The molecule has 88 heavy (non-hydrogen) atoms. The summed E-state index contributed by atoms with van der Waals surface area (Å²) >= 11 is 11.9. The number of aromatic nitrogens is 3. The number of nitrogens with one attached hydrogen (secondary N) is 9. The first-order chi connectivity index (χ1) is 41.7. The van der Waals surface area contributed by atoms with Crippen LogP contribution in [0.1, 0.15) is 150 Å². The lowest BCUT2D eigenvalue weighted by Gasteiger charge is -2.25. The van der Waals surface area contributed by atoms with Crippen molar-refractivity contribution in [2.24, 2.45) is 57.2 Å². The molecule has 0 saturated heterocycles. The normalized spacial score (nSPS) is 14.1. The molecule has 2 heterocycles.